The Morgan fingerprint density at radius 1 is 1.05 bits per heavy atom. The average molecular weight is 294 g/mol. The maximum atomic E-state index is 11.9. The highest BCUT2D eigenvalue weighted by Crippen LogP contribution is 2.11. The van der Waals surface area contributed by atoms with E-state index >= 15 is 0 Å². The van der Waals surface area contributed by atoms with Gasteiger partial charge in [-0.1, -0.05) is 17.7 Å². The van der Waals surface area contributed by atoms with E-state index in [9.17, 15) is 9.59 Å². The lowest BCUT2D eigenvalue weighted by molar-refractivity contribution is 0.00175. The Balaban J connectivity index is 2.42. The molecule has 21 heavy (non-hydrogen) atoms. The van der Waals surface area contributed by atoms with E-state index in [1.54, 1.807) is 32.9 Å². The van der Waals surface area contributed by atoms with Crippen molar-refractivity contribution in [1.82, 2.24) is 0 Å². The molecule has 0 amide bonds. The van der Waals surface area contributed by atoms with Gasteiger partial charge in [0, 0.05) is 6.42 Å². The van der Waals surface area contributed by atoms with E-state index in [0.717, 1.165) is 5.56 Å². The zero-order valence-electron chi connectivity index (χ0n) is 12.9. The molecule has 0 aromatic heterocycles. The summed E-state index contributed by atoms with van der Waals surface area (Å²) < 4.78 is 15.0. The molecule has 2 atom stereocenters. The predicted molar refractivity (Wildman–Crippen MR) is 78.2 cm³/mol. The number of carbonyl (C=O) groups excluding carboxylic acids is 2. The molecule has 116 valence electrons. The van der Waals surface area contributed by atoms with Gasteiger partial charge in [-0.25, -0.2) is 9.59 Å². The molecule has 0 heterocycles. The largest absolute Gasteiger partial charge is 0.508 e. The SMILES string of the molecule is CCOC(=O)OC(C)CC(C)OC(=O)c1ccc(C)cc1. The molecule has 0 aliphatic carbocycles. The zero-order chi connectivity index (χ0) is 15.8. The molecule has 0 aliphatic rings. The summed E-state index contributed by atoms with van der Waals surface area (Å²) in [5, 5.41) is 0. The van der Waals surface area contributed by atoms with Crippen molar-refractivity contribution in [2.45, 2.75) is 46.3 Å². The molecule has 1 aromatic rings. The van der Waals surface area contributed by atoms with Gasteiger partial charge in [0.05, 0.1) is 12.2 Å². The van der Waals surface area contributed by atoms with Crippen LogP contribution < -0.4 is 0 Å². The quantitative estimate of drug-likeness (QED) is 0.751. The van der Waals surface area contributed by atoms with E-state index in [1.165, 1.54) is 0 Å². The van der Waals surface area contributed by atoms with Gasteiger partial charge < -0.3 is 14.2 Å². The smallest absolute Gasteiger partial charge is 0.459 e. The van der Waals surface area contributed by atoms with Crippen molar-refractivity contribution in [3.05, 3.63) is 35.4 Å². The van der Waals surface area contributed by atoms with Gasteiger partial charge in [0.2, 0.25) is 0 Å². The minimum absolute atomic E-state index is 0.267. The Labute approximate surface area is 125 Å². The van der Waals surface area contributed by atoms with Crippen molar-refractivity contribution in [3.63, 3.8) is 0 Å². The van der Waals surface area contributed by atoms with Crippen LogP contribution in [0.5, 0.6) is 0 Å². The van der Waals surface area contributed by atoms with E-state index in [4.69, 9.17) is 9.47 Å². The fraction of sp³-hybridized carbons (Fsp3) is 0.500. The van der Waals surface area contributed by atoms with Crippen LogP contribution in [0.2, 0.25) is 0 Å². The second-order valence-corrected chi connectivity index (χ2v) is 4.93. The highest BCUT2D eigenvalue weighted by molar-refractivity contribution is 5.89. The van der Waals surface area contributed by atoms with Gasteiger partial charge in [-0.15, -0.1) is 0 Å². The van der Waals surface area contributed by atoms with Gasteiger partial charge in [-0.05, 0) is 39.8 Å². The second kappa shape index (κ2) is 8.29. The number of ether oxygens (including phenoxy) is 3. The molecule has 0 saturated carbocycles. The molecule has 1 rings (SSSR count). The maximum absolute atomic E-state index is 11.9. The normalized spacial score (nSPS) is 13.1. The lowest BCUT2D eigenvalue weighted by atomic mass is 10.1. The molecule has 0 radical (unpaired) electrons. The van der Waals surface area contributed by atoms with Crippen LogP contribution in [0.4, 0.5) is 4.79 Å². The molecule has 2 unspecified atom stereocenters. The van der Waals surface area contributed by atoms with Crippen LogP contribution >= 0.6 is 0 Å². The molecule has 5 nitrogen and oxygen atoms in total. The fourth-order valence-electron chi connectivity index (χ4n) is 1.82. The van der Waals surface area contributed by atoms with Crippen molar-refractivity contribution >= 4 is 12.1 Å². The van der Waals surface area contributed by atoms with Gasteiger partial charge in [0.25, 0.3) is 0 Å². The van der Waals surface area contributed by atoms with Gasteiger partial charge in [0.15, 0.2) is 0 Å². The minimum atomic E-state index is -0.706. The third-order valence-corrected chi connectivity index (χ3v) is 2.82. The fourth-order valence-corrected chi connectivity index (χ4v) is 1.82. The zero-order valence-corrected chi connectivity index (χ0v) is 12.9. The molecule has 0 bridgehead atoms. The number of aryl methyl sites for hydroxylation is 1. The molecule has 0 fully saturated rings. The summed E-state index contributed by atoms with van der Waals surface area (Å²) in [6.07, 6.45) is -1.04. The summed E-state index contributed by atoms with van der Waals surface area (Å²) in [6.45, 7) is 7.41. The Hall–Kier alpha value is -2.04. The summed E-state index contributed by atoms with van der Waals surface area (Å²) in [6, 6.07) is 7.16. The Morgan fingerprint density at radius 2 is 1.62 bits per heavy atom. The molecule has 0 aliphatic heterocycles. The van der Waals surface area contributed by atoms with Crippen molar-refractivity contribution < 1.29 is 23.8 Å². The van der Waals surface area contributed by atoms with Crippen LogP contribution in [0.3, 0.4) is 0 Å². The van der Waals surface area contributed by atoms with Gasteiger partial charge >= 0.3 is 12.1 Å². The van der Waals surface area contributed by atoms with Crippen LogP contribution in [0.25, 0.3) is 0 Å². The number of hydrogen-bond acceptors (Lipinski definition) is 5. The van der Waals surface area contributed by atoms with Crippen molar-refractivity contribution in [2.24, 2.45) is 0 Å². The van der Waals surface area contributed by atoms with Crippen molar-refractivity contribution in [2.75, 3.05) is 6.61 Å². The molecule has 0 saturated heterocycles. The summed E-state index contributed by atoms with van der Waals surface area (Å²) in [7, 11) is 0. The van der Waals surface area contributed by atoms with Crippen LogP contribution in [-0.4, -0.2) is 30.9 Å². The summed E-state index contributed by atoms with van der Waals surface area (Å²) in [5.74, 6) is -0.383. The first-order valence-corrected chi connectivity index (χ1v) is 7.03. The Bertz CT molecular complexity index is 466. The summed E-state index contributed by atoms with van der Waals surface area (Å²) >= 11 is 0. The molecule has 0 spiro atoms. The molecular formula is C16H22O5. The first-order chi connectivity index (χ1) is 9.92. The van der Waals surface area contributed by atoms with E-state index in [1.807, 2.05) is 19.1 Å². The second-order valence-electron chi connectivity index (χ2n) is 4.93. The number of hydrogen-bond donors (Lipinski definition) is 0. The predicted octanol–water partition coefficient (Wildman–Crippen LogP) is 3.49. The summed E-state index contributed by atoms with van der Waals surface area (Å²) in [4.78, 5) is 23.1. The maximum Gasteiger partial charge on any atom is 0.508 e. The van der Waals surface area contributed by atoms with Crippen molar-refractivity contribution in [3.8, 4) is 0 Å². The number of rotatable bonds is 6. The first-order valence-electron chi connectivity index (χ1n) is 7.03. The standard InChI is InChI=1S/C16H22O5/c1-5-19-16(18)21-13(4)10-12(3)20-15(17)14-8-6-11(2)7-9-14/h6-9,12-13H,5,10H2,1-4H3. The third kappa shape index (κ3) is 6.29. The topological polar surface area (TPSA) is 61.8 Å². The Kier molecular flexibility index (Phi) is 6.72. The van der Waals surface area contributed by atoms with Gasteiger partial charge in [0.1, 0.15) is 12.2 Å². The van der Waals surface area contributed by atoms with Crippen LogP contribution in [0.15, 0.2) is 24.3 Å². The monoisotopic (exact) mass is 294 g/mol. The molecule has 5 heteroatoms. The molecule has 0 N–H and O–H groups in total. The molecular weight excluding hydrogens is 272 g/mol. The van der Waals surface area contributed by atoms with E-state index < -0.39 is 6.16 Å². The van der Waals surface area contributed by atoms with Crippen LogP contribution in [0, 0.1) is 6.92 Å². The van der Waals surface area contributed by atoms with Gasteiger partial charge in [-0.3, -0.25) is 0 Å². The number of esters is 1. The van der Waals surface area contributed by atoms with Crippen LogP contribution in [-0.2, 0) is 14.2 Å². The summed E-state index contributed by atoms with van der Waals surface area (Å²) in [5.41, 5.74) is 1.59. The third-order valence-electron chi connectivity index (χ3n) is 2.82. The first kappa shape index (κ1) is 17.0. The average Bonchev–Trinajstić information content (AvgIpc) is 2.38. The Morgan fingerprint density at radius 3 is 2.19 bits per heavy atom. The highest BCUT2D eigenvalue weighted by Gasteiger charge is 2.17. The number of benzene rings is 1. The lowest BCUT2D eigenvalue weighted by Gasteiger charge is -2.18. The van der Waals surface area contributed by atoms with E-state index in [-0.39, 0.29) is 24.8 Å². The minimum Gasteiger partial charge on any atom is -0.459 e. The molecule has 1 aromatic carbocycles. The lowest BCUT2D eigenvalue weighted by Crippen LogP contribution is -2.24. The number of carbonyl (C=O) groups is 2. The van der Waals surface area contributed by atoms with Gasteiger partial charge in [-0.2, -0.15) is 0 Å². The highest BCUT2D eigenvalue weighted by atomic mass is 16.7. The van der Waals surface area contributed by atoms with E-state index in [2.05, 4.69) is 4.74 Å². The van der Waals surface area contributed by atoms with Crippen LogP contribution in [0.1, 0.15) is 43.1 Å². The van der Waals surface area contributed by atoms with E-state index in [0.29, 0.717) is 12.0 Å². The van der Waals surface area contributed by atoms with Crippen molar-refractivity contribution in [1.29, 1.82) is 0 Å².